The molecule has 184 valence electrons. The zero-order valence-electron chi connectivity index (χ0n) is 20.2. The maximum absolute atomic E-state index is 14.4. The van der Waals surface area contributed by atoms with Crippen molar-refractivity contribution in [1.29, 1.82) is 0 Å². The first-order valence-electron chi connectivity index (χ1n) is 11.7. The number of fused-ring (bicyclic) bond motifs is 1. The van der Waals surface area contributed by atoms with Crippen LogP contribution in [0.15, 0.2) is 106 Å². The summed E-state index contributed by atoms with van der Waals surface area (Å²) in [6, 6.07) is 27.6. The third kappa shape index (κ3) is 4.74. The quantitative estimate of drug-likeness (QED) is 0.182. The second-order valence-electron chi connectivity index (χ2n) is 8.53. The number of hydrogen-bond acceptors (Lipinski definition) is 5. The fraction of sp³-hybridized carbons (Fsp3) is 0.0968. The van der Waals surface area contributed by atoms with Crippen LogP contribution in [0, 0.1) is 12.7 Å². The molecular weight excluding hydrogens is 471 g/mol. The highest BCUT2D eigenvalue weighted by Gasteiger charge is 2.26. The predicted octanol–water partition coefficient (Wildman–Crippen LogP) is 6.92. The first kappa shape index (κ1) is 24.0. The summed E-state index contributed by atoms with van der Waals surface area (Å²) in [5.41, 5.74) is 2.82. The Hall–Kier alpha value is -4.71. The summed E-state index contributed by atoms with van der Waals surface area (Å²) in [4.78, 5) is 26.0. The van der Waals surface area contributed by atoms with Gasteiger partial charge in [-0.15, -0.1) is 0 Å². The van der Waals surface area contributed by atoms with Gasteiger partial charge in [0.05, 0.1) is 7.11 Å². The molecule has 1 aromatic heterocycles. The molecular formula is C31H23FO5. The third-order valence-electron chi connectivity index (χ3n) is 6.22. The molecule has 5 nitrogen and oxygen atoms in total. The van der Waals surface area contributed by atoms with Gasteiger partial charge >= 0.3 is 5.63 Å². The van der Waals surface area contributed by atoms with Crippen molar-refractivity contribution in [1.82, 2.24) is 0 Å². The van der Waals surface area contributed by atoms with Crippen LogP contribution in [0.5, 0.6) is 11.5 Å². The molecule has 0 aliphatic heterocycles. The summed E-state index contributed by atoms with van der Waals surface area (Å²) in [7, 11) is 1.36. The molecule has 1 atom stereocenters. The van der Waals surface area contributed by atoms with Gasteiger partial charge in [0, 0.05) is 28.1 Å². The van der Waals surface area contributed by atoms with Gasteiger partial charge < -0.3 is 13.9 Å². The Morgan fingerprint density at radius 3 is 2.22 bits per heavy atom. The van der Waals surface area contributed by atoms with Crippen LogP contribution >= 0.6 is 0 Å². The van der Waals surface area contributed by atoms with Gasteiger partial charge in [0.25, 0.3) is 0 Å². The van der Waals surface area contributed by atoms with Crippen LogP contribution in [-0.2, 0) is 0 Å². The molecule has 1 heterocycles. The van der Waals surface area contributed by atoms with Crippen LogP contribution in [0.3, 0.4) is 0 Å². The molecule has 5 rings (SSSR count). The van der Waals surface area contributed by atoms with Crippen molar-refractivity contribution in [3.63, 3.8) is 0 Å². The molecule has 0 fully saturated rings. The summed E-state index contributed by atoms with van der Waals surface area (Å²) >= 11 is 0. The standard InChI is InChI=1S/C31H23FO5/c1-19-26(16-14-23-24(18-28(33)37-30(19)23)20-9-5-3-6-10-20)36-31(21-11-7-4-8-12-21)29(34)22-13-15-27(35-2)25(32)17-22/h3-18,31H,1-2H3. The number of hydrogen-bond donors (Lipinski definition) is 0. The first-order chi connectivity index (χ1) is 18.0. The van der Waals surface area contributed by atoms with Gasteiger partial charge in [-0.05, 0) is 48.4 Å². The Morgan fingerprint density at radius 2 is 1.54 bits per heavy atom. The second-order valence-corrected chi connectivity index (χ2v) is 8.53. The highest BCUT2D eigenvalue weighted by Crippen LogP contribution is 2.36. The van der Waals surface area contributed by atoms with E-state index in [-0.39, 0.29) is 11.3 Å². The zero-order chi connectivity index (χ0) is 25.9. The minimum absolute atomic E-state index is 0.0448. The molecule has 0 spiro atoms. The van der Waals surface area contributed by atoms with Crippen LogP contribution in [0.1, 0.15) is 27.6 Å². The van der Waals surface area contributed by atoms with Crippen LogP contribution < -0.4 is 15.1 Å². The van der Waals surface area contributed by atoms with Gasteiger partial charge in [-0.2, -0.15) is 0 Å². The van der Waals surface area contributed by atoms with Crippen molar-refractivity contribution in [3.8, 4) is 22.6 Å². The zero-order valence-corrected chi connectivity index (χ0v) is 20.2. The van der Waals surface area contributed by atoms with Gasteiger partial charge in [-0.3, -0.25) is 4.79 Å². The average molecular weight is 495 g/mol. The monoisotopic (exact) mass is 494 g/mol. The van der Waals surface area contributed by atoms with E-state index in [1.165, 1.54) is 25.3 Å². The van der Waals surface area contributed by atoms with Crippen molar-refractivity contribution in [3.05, 3.63) is 130 Å². The lowest BCUT2D eigenvalue weighted by Crippen LogP contribution is -2.20. The van der Waals surface area contributed by atoms with E-state index >= 15 is 0 Å². The number of rotatable bonds is 7. The highest BCUT2D eigenvalue weighted by molar-refractivity contribution is 6.00. The molecule has 37 heavy (non-hydrogen) atoms. The van der Waals surface area contributed by atoms with E-state index in [0.29, 0.717) is 22.5 Å². The molecule has 5 aromatic rings. The molecule has 0 saturated carbocycles. The number of carbonyl (C=O) groups excluding carboxylic acids is 1. The Balaban J connectivity index is 1.59. The maximum Gasteiger partial charge on any atom is 0.336 e. The fourth-order valence-corrected chi connectivity index (χ4v) is 4.33. The van der Waals surface area contributed by atoms with Gasteiger partial charge in [-0.25, -0.2) is 9.18 Å². The number of halogens is 1. The Kier molecular flexibility index (Phi) is 6.56. The van der Waals surface area contributed by atoms with Crippen molar-refractivity contribution < 1.29 is 23.1 Å². The van der Waals surface area contributed by atoms with Gasteiger partial charge in [0.2, 0.25) is 5.78 Å². The van der Waals surface area contributed by atoms with Crippen molar-refractivity contribution >= 4 is 16.8 Å². The normalized spacial score (nSPS) is 11.8. The van der Waals surface area contributed by atoms with E-state index < -0.39 is 23.3 Å². The summed E-state index contributed by atoms with van der Waals surface area (Å²) in [6.07, 6.45) is -1.06. The summed E-state index contributed by atoms with van der Waals surface area (Å²) < 4.78 is 31.2. The van der Waals surface area contributed by atoms with Crippen molar-refractivity contribution in [2.24, 2.45) is 0 Å². The number of ether oxygens (including phenoxy) is 2. The Labute approximate surface area is 212 Å². The number of aryl methyl sites for hydroxylation is 1. The van der Waals surface area contributed by atoms with Crippen molar-refractivity contribution in [2.45, 2.75) is 13.0 Å². The van der Waals surface area contributed by atoms with E-state index in [2.05, 4.69) is 0 Å². The number of ketones is 1. The lowest BCUT2D eigenvalue weighted by atomic mass is 9.98. The van der Waals surface area contributed by atoms with Gasteiger partial charge in [-0.1, -0.05) is 60.7 Å². The van der Waals surface area contributed by atoms with Crippen LogP contribution in [0.2, 0.25) is 0 Å². The number of methoxy groups -OCH3 is 1. The number of carbonyl (C=O) groups is 1. The summed E-state index contributed by atoms with van der Waals surface area (Å²) in [5.74, 6) is -0.649. The average Bonchev–Trinajstić information content (AvgIpc) is 2.93. The Morgan fingerprint density at radius 1 is 0.865 bits per heavy atom. The molecule has 0 aliphatic carbocycles. The van der Waals surface area contributed by atoms with Gasteiger partial charge in [0.1, 0.15) is 11.3 Å². The highest BCUT2D eigenvalue weighted by atomic mass is 19.1. The maximum atomic E-state index is 14.4. The van der Waals surface area contributed by atoms with E-state index in [0.717, 1.165) is 22.6 Å². The van der Waals surface area contributed by atoms with Crippen LogP contribution in [0.4, 0.5) is 4.39 Å². The number of benzene rings is 4. The summed E-state index contributed by atoms with van der Waals surface area (Å²) in [6.45, 7) is 1.77. The second kappa shape index (κ2) is 10.1. The molecule has 4 aromatic carbocycles. The predicted molar refractivity (Wildman–Crippen MR) is 140 cm³/mol. The smallest absolute Gasteiger partial charge is 0.336 e. The first-order valence-corrected chi connectivity index (χ1v) is 11.7. The lowest BCUT2D eigenvalue weighted by molar-refractivity contribution is 0.0791. The lowest BCUT2D eigenvalue weighted by Gasteiger charge is -2.21. The molecule has 1 unspecified atom stereocenters. The van der Waals surface area contributed by atoms with Crippen LogP contribution in [-0.4, -0.2) is 12.9 Å². The number of Topliss-reactive ketones (excluding diaryl/α,β-unsaturated/α-hetero) is 1. The molecule has 6 heteroatoms. The van der Waals surface area contributed by atoms with Crippen LogP contribution in [0.25, 0.3) is 22.1 Å². The SMILES string of the molecule is COc1ccc(C(=O)C(Oc2ccc3c(-c4ccccc4)cc(=O)oc3c2C)c2ccccc2)cc1F. The molecule has 0 aliphatic rings. The topological polar surface area (TPSA) is 65.7 Å². The minimum Gasteiger partial charge on any atom is -0.494 e. The van der Waals surface area contributed by atoms with E-state index in [1.807, 2.05) is 42.5 Å². The van der Waals surface area contributed by atoms with Gasteiger partial charge in [0.15, 0.2) is 17.7 Å². The molecule has 0 saturated heterocycles. The Bertz CT molecular complexity index is 1640. The van der Waals surface area contributed by atoms with Crippen molar-refractivity contribution in [2.75, 3.05) is 7.11 Å². The molecule has 0 amide bonds. The minimum atomic E-state index is -1.06. The summed E-state index contributed by atoms with van der Waals surface area (Å²) in [5, 5.41) is 0.746. The molecule has 0 N–H and O–H groups in total. The largest absolute Gasteiger partial charge is 0.494 e. The fourth-order valence-electron chi connectivity index (χ4n) is 4.33. The molecule has 0 radical (unpaired) electrons. The van der Waals surface area contributed by atoms with E-state index in [1.54, 1.807) is 37.3 Å². The third-order valence-corrected chi connectivity index (χ3v) is 6.22. The van der Waals surface area contributed by atoms with E-state index in [4.69, 9.17) is 13.9 Å². The molecule has 0 bridgehead atoms. The van der Waals surface area contributed by atoms with E-state index in [9.17, 15) is 14.0 Å².